The highest BCUT2D eigenvalue weighted by Crippen LogP contribution is 2.23. The quantitative estimate of drug-likeness (QED) is 0.651. The standard InChI is InChI=1S/C10H7ClO/c11-10-7-6-9(12-10)8-4-2-1-3-5-8/h1-7H. The second-order valence-electron chi connectivity index (χ2n) is 2.47. The number of halogens is 1. The molecule has 2 heteroatoms. The van der Waals surface area contributed by atoms with Crippen LogP contribution in [0.15, 0.2) is 46.9 Å². The normalized spacial score (nSPS) is 10.1. The van der Waals surface area contributed by atoms with Crippen molar-refractivity contribution in [1.29, 1.82) is 0 Å². The first-order valence-corrected chi connectivity index (χ1v) is 4.05. The molecule has 0 atom stereocenters. The minimum absolute atomic E-state index is 0.425. The van der Waals surface area contributed by atoms with Crippen LogP contribution >= 0.6 is 11.6 Å². The van der Waals surface area contributed by atoms with Crippen molar-refractivity contribution in [3.05, 3.63) is 47.7 Å². The molecule has 0 aliphatic rings. The van der Waals surface area contributed by atoms with Gasteiger partial charge in [-0.15, -0.1) is 0 Å². The Morgan fingerprint density at radius 3 is 2.25 bits per heavy atom. The van der Waals surface area contributed by atoms with Crippen LogP contribution in [-0.4, -0.2) is 0 Å². The maximum Gasteiger partial charge on any atom is 0.193 e. The van der Waals surface area contributed by atoms with Gasteiger partial charge in [-0.1, -0.05) is 30.3 Å². The van der Waals surface area contributed by atoms with Crippen LogP contribution in [0.4, 0.5) is 0 Å². The van der Waals surface area contributed by atoms with E-state index in [9.17, 15) is 0 Å². The molecule has 0 saturated carbocycles. The van der Waals surface area contributed by atoms with E-state index in [1.54, 1.807) is 6.07 Å². The molecule has 1 aromatic heterocycles. The van der Waals surface area contributed by atoms with Crippen molar-refractivity contribution in [2.75, 3.05) is 0 Å². The number of hydrogen-bond donors (Lipinski definition) is 0. The van der Waals surface area contributed by atoms with Crippen LogP contribution in [0.5, 0.6) is 0 Å². The average molecular weight is 179 g/mol. The van der Waals surface area contributed by atoms with Gasteiger partial charge in [0.05, 0.1) is 0 Å². The van der Waals surface area contributed by atoms with Gasteiger partial charge in [-0.05, 0) is 23.7 Å². The van der Waals surface area contributed by atoms with E-state index in [1.165, 1.54) is 0 Å². The molecule has 0 aliphatic heterocycles. The summed E-state index contributed by atoms with van der Waals surface area (Å²) in [6.07, 6.45) is 0. The second-order valence-corrected chi connectivity index (χ2v) is 2.84. The van der Waals surface area contributed by atoms with Gasteiger partial charge in [0, 0.05) is 5.56 Å². The molecule has 1 heterocycles. The van der Waals surface area contributed by atoms with Gasteiger partial charge in [-0.25, -0.2) is 0 Å². The summed E-state index contributed by atoms with van der Waals surface area (Å²) in [5.74, 6) is 0.806. The average Bonchev–Trinajstić information content (AvgIpc) is 2.54. The van der Waals surface area contributed by atoms with Crippen LogP contribution in [-0.2, 0) is 0 Å². The summed E-state index contributed by atoms with van der Waals surface area (Å²) < 4.78 is 5.23. The molecule has 0 spiro atoms. The maximum absolute atomic E-state index is 5.64. The fourth-order valence-corrected chi connectivity index (χ4v) is 1.22. The third-order valence-electron chi connectivity index (χ3n) is 1.63. The molecule has 0 amide bonds. The van der Waals surface area contributed by atoms with E-state index in [2.05, 4.69) is 0 Å². The molecule has 2 aromatic rings. The molecule has 2 rings (SSSR count). The Bertz CT molecular complexity index is 364. The zero-order chi connectivity index (χ0) is 8.39. The summed E-state index contributed by atoms with van der Waals surface area (Å²) in [5.41, 5.74) is 1.05. The zero-order valence-electron chi connectivity index (χ0n) is 6.33. The molecule has 0 unspecified atom stereocenters. The minimum Gasteiger partial charge on any atom is -0.445 e. The number of hydrogen-bond acceptors (Lipinski definition) is 1. The molecule has 0 bridgehead atoms. The number of rotatable bonds is 1. The van der Waals surface area contributed by atoms with Gasteiger partial charge in [0.2, 0.25) is 0 Å². The van der Waals surface area contributed by atoms with Crippen LogP contribution in [0, 0.1) is 0 Å². The molecule has 0 aliphatic carbocycles. The highest BCUT2D eigenvalue weighted by atomic mass is 35.5. The molecule has 1 aromatic carbocycles. The molecular formula is C10H7ClO. The predicted molar refractivity (Wildman–Crippen MR) is 49.2 cm³/mol. The van der Waals surface area contributed by atoms with Crippen LogP contribution < -0.4 is 0 Å². The predicted octanol–water partition coefficient (Wildman–Crippen LogP) is 3.60. The van der Waals surface area contributed by atoms with Crippen molar-refractivity contribution in [2.45, 2.75) is 0 Å². The molecule has 12 heavy (non-hydrogen) atoms. The Morgan fingerprint density at radius 2 is 1.67 bits per heavy atom. The first-order valence-electron chi connectivity index (χ1n) is 3.67. The lowest BCUT2D eigenvalue weighted by molar-refractivity contribution is 0.584. The van der Waals surface area contributed by atoms with Gasteiger partial charge in [0.15, 0.2) is 5.22 Å². The summed E-state index contributed by atoms with van der Waals surface area (Å²) >= 11 is 5.64. The third-order valence-corrected chi connectivity index (χ3v) is 1.83. The first-order chi connectivity index (χ1) is 5.86. The van der Waals surface area contributed by atoms with Crippen molar-refractivity contribution in [1.82, 2.24) is 0 Å². The summed E-state index contributed by atoms with van der Waals surface area (Å²) in [6, 6.07) is 13.5. The molecule has 0 saturated heterocycles. The monoisotopic (exact) mass is 178 g/mol. The molecule has 60 valence electrons. The van der Waals surface area contributed by atoms with Gasteiger partial charge in [0.25, 0.3) is 0 Å². The lowest BCUT2D eigenvalue weighted by Gasteiger charge is -1.93. The lowest BCUT2D eigenvalue weighted by Crippen LogP contribution is -1.69. The van der Waals surface area contributed by atoms with Crippen LogP contribution in [0.25, 0.3) is 11.3 Å². The molecule has 0 radical (unpaired) electrons. The van der Waals surface area contributed by atoms with E-state index in [-0.39, 0.29) is 0 Å². The zero-order valence-corrected chi connectivity index (χ0v) is 7.08. The summed E-state index contributed by atoms with van der Waals surface area (Å²) in [6.45, 7) is 0. The summed E-state index contributed by atoms with van der Waals surface area (Å²) in [7, 11) is 0. The fraction of sp³-hybridized carbons (Fsp3) is 0. The van der Waals surface area contributed by atoms with Crippen molar-refractivity contribution in [3.63, 3.8) is 0 Å². The third kappa shape index (κ3) is 1.36. The van der Waals surface area contributed by atoms with Crippen molar-refractivity contribution < 1.29 is 4.42 Å². The molecular weight excluding hydrogens is 172 g/mol. The van der Waals surface area contributed by atoms with E-state index in [0.717, 1.165) is 11.3 Å². The largest absolute Gasteiger partial charge is 0.445 e. The van der Waals surface area contributed by atoms with E-state index in [4.69, 9.17) is 16.0 Å². The van der Waals surface area contributed by atoms with Crippen LogP contribution in [0.1, 0.15) is 0 Å². The first kappa shape index (κ1) is 7.44. The van der Waals surface area contributed by atoms with Crippen molar-refractivity contribution in [2.24, 2.45) is 0 Å². The minimum atomic E-state index is 0.425. The maximum atomic E-state index is 5.64. The van der Waals surface area contributed by atoms with E-state index < -0.39 is 0 Å². The molecule has 0 fully saturated rings. The topological polar surface area (TPSA) is 13.1 Å². The smallest absolute Gasteiger partial charge is 0.193 e. The molecule has 0 N–H and O–H groups in total. The summed E-state index contributed by atoms with van der Waals surface area (Å²) in [4.78, 5) is 0. The van der Waals surface area contributed by atoms with E-state index in [1.807, 2.05) is 36.4 Å². The Labute approximate surface area is 75.6 Å². The van der Waals surface area contributed by atoms with E-state index in [0.29, 0.717) is 5.22 Å². The van der Waals surface area contributed by atoms with Gasteiger partial charge in [0.1, 0.15) is 5.76 Å². The summed E-state index contributed by atoms with van der Waals surface area (Å²) in [5, 5.41) is 0.425. The van der Waals surface area contributed by atoms with Crippen LogP contribution in [0.2, 0.25) is 5.22 Å². The Balaban J connectivity index is 2.45. The Morgan fingerprint density at radius 1 is 0.917 bits per heavy atom. The highest BCUT2D eigenvalue weighted by molar-refractivity contribution is 6.28. The Hall–Kier alpha value is -1.21. The number of benzene rings is 1. The van der Waals surface area contributed by atoms with Crippen molar-refractivity contribution >= 4 is 11.6 Å². The van der Waals surface area contributed by atoms with E-state index >= 15 is 0 Å². The van der Waals surface area contributed by atoms with Crippen molar-refractivity contribution in [3.8, 4) is 11.3 Å². The SMILES string of the molecule is Clc1ccc(-c2ccccc2)o1. The Kier molecular flexibility index (Phi) is 1.88. The lowest BCUT2D eigenvalue weighted by atomic mass is 10.2. The van der Waals surface area contributed by atoms with Gasteiger partial charge in [-0.2, -0.15) is 0 Å². The van der Waals surface area contributed by atoms with Crippen LogP contribution in [0.3, 0.4) is 0 Å². The van der Waals surface area contributed by atoms with Gasteiger partial charge in [-0.3, -0.25) is 0 Å². The molecule has 1 nitrogen and oxygen atoms in total. The highest BCUT2D eigenvalue weighted by Gasteiger charge is 2.00. The second kappa shape index (κ2) is 3.03. The fourth-order valence-electron chi connectivity index (χ4n) is 1.07. The van der Waals surface area contributed by atoms with Gasteiger partial charge < -0.3 is 4.42 Å². The number of furan rings is 1. The van der Waals surface area contributed by atoms with Gasteiger partial charge >= 0.3 is 0 Å².